The van der Waals surface area contributed by atoms with E-state index in [2.05, 4.69) is 10.6 Å². The minimum atomic E-state index is -0.838. The summed E-state index contributed by atoms with van der Waals surface area (Å²) >= 11 is 0. The Bertz CT molecular complexity index is 378. The highest BCUT2D eigenvalue weighted by atomic mass is 16.2. The van der Waals surface area contributed by atoms with E-state index in [1.165, 1.54) is 9.80 Å². The zero-order valence-electron chi connectivity index (χ0n) is 13.4. The van der Waals surface area contributed by atoms with Gasteiger partial charge in [0.1, 0.15) is 6.04 Å². The lowest BCUT2D eigenvalue weighted by atomic mass is 10.0. The van der Waals surface area contributed by atoms with Crippen LogP contribution in [0.2, 0.25) is 0 Å². The Balaban J connectivity index is 4.37. The van der Waals surface area contributed by atoms with Crippen molar-refractivity contribution in [2.24, 2.45) is 0 Å². The fraction of sp³-hybridized carbons (Fsp3) is 0.769. The molecule has 0 heterocycles. The Morgan fingerprint density at radius 1 is 1.05 bits per heavy atom. The fourth-order valence-electron chi connectivity index (χ4n) is 1.68. The van der Waals surface area contributed by atoms with Gasteiger partial charge in [-0.15, -0.1) is 0 Å². The normalized spacial score (nSPS) is 12.6. The van der Waals surface area contributed by atoms with Crippen LogP contribution in [0.3, 0.4) is 0 Å². The summed E-state index contributed by atoms with van der Waals surface area (Å²) in [6.07, 6.45) is 0. The number of hydrogen-bond acceptors (Lipinski definition) is 4. The molecule has 20 heavy (non-hydrogen) atoms. The average molecular weight is 286 g/mol. The number of carbonyl (C=O) groups excluding carboxylic acids is 3. The Kier molecular flexibility index (Phi) is 6.64. The van der Waals surface area contributed by atoms with Crippen molar-refractivity contribution < 1.29 is 14.4 Å². The third-order valence-corrected chi connectivity index (χ3v) is 2.82. The fourth-order valence-corrected chi connectivity index (χ4v) is 1.68. The van der Waals surface area contributed by atoms with Crippen LogP contribution in [0.25, 0.3) is 0 Å². The molecule has 0 rings (SSSR count). The third-order valence-electron chi connectivity index (χ3n) is 2.82. The summed E-state index contributed by atoms with van der Waals surface area (Å²) in [6.45, 7) is 5.00. The molecule has 0 aliphatic heterocycles. The van der Waals surface area contributed by atoms with Crippen LogP contribution < -0.4 is 10.6 Å². The van der Waals surface area contributed by atoms with Crippen LogP contribution in [0.5, 0.6) is 0 Å². The van der Waals surface area contributed by atoms with Crippen molar-refractivity contribution in [3.8, 4) is 0 Å². The van der Waals surface area contributed by atoms with Crippen molar-refractivity contribution in [2.45, 2.75) is 32.4 Å². The molecule has 0 saturated carbocycles. The van der Waals surface area contributed by atoms with Crippen molar-refractivity contribution in [1.29, 1.82) is 0 Å². The zero-order chi connectivity index (χ0) is 16.1. The molecule has 116 valence electrons. The summed E-state index contributed by atoms with van der Waals surface area (Å²) in [5.74, 6) is -0.628. The molecule has 0 fully saturated rings. The molecule has 0 aromatic heterocycles. The molecule has 0 bridgehead atoms. The van der Waals surface area contributed by atoms with E-state index in [0.717, 1.165) is 0 Å². The van der Waals surface area contributed by atoms with Crippen LogP contribution in [0.4, 0.5) is 0 Å². The van der Waals surface area contributed by atoms with E-state index in [4.69, 9.17) is 0 Å². The SMILES string of the molecule is C[C@@H](NC(=O)CNC(C)(C)C(=O)N(C)C)C(=O)N(C)C. The highest BCUT2D eigenvalue weighted by Gasteiger charge is 2.29. The first-order valence-corrected chi connectivity index (χ1v) is 6.46. The number of nitrogens with one attached hydrogen (secondary N) is 2. The van der Waals surface area contributed by atoms with Crippen molar-refractivity contribution in [1.82, 2.24) is 20.4 Å². The van der Waals surface area contributed by atoms with Gasteiger partial charge in [0.2, 0.25) is 17.7 Å². The summed E-state index contributed by atoms with van der Waals surface area (Å²) in [4.78, 5) is 38.1. The lowest BCUT2D eigenvalue weighted by molar-refractivity contribution is -0.136. The van der Waals surface area contributed by atoms with E-state index in [0.29, 0.717) is 0 Å². The van der Waals surface area contributed by atoms with Gasteiger partial charge in [-0.1, -0.05) is 0 Å². The molecule has 0 radical (unpaired) electrons. The molecular weight excluding hydrogens is 260 g/mol. The number of nitrogens with zero attached hydrogens (tertiary/aromatic N) is 2. The Hall–Kier alpha value is -1.63. The number of rotatable bonds is 6. The van der Waals surface area contributed by atoms with Crippen LogP contribution in [-0.2, 0) is 14.4 Å². The summed E-state index contributed by atoms with van der Waals surface area (Å²) in [6, 6.07) is -0.591. The number of amides is 3. The number of likely N-dealkylation sites (N-methyl/N-ethyl adjacent to an activating group) is 2. The molecular formula is C13H26N4O3. The standard InChI is InChI=1S/C13H26N4O3/c1-9(11(19)16(4)5)15-10(18)8-14-13(2,3)12(20)17(6)7/h9,14H,8H2,1-7H3,(H,15,18)/t9-/m1/s1. The summed E-state index contributed by atoms with van der Waals surface area (Å²) in [5, 5.41) is 5.47. The number of hydrogen-bond donors (Lipinski definition) is 2. The van der Waals surface area contributed by atoms with Gasteiger partial charge >= 0.3 is 0 Å². The second-order valence-corrected chi connectivity index (χ2v) is 5.70. The lowest BCUT2D eigenvalue weighted by Gasteiger charge is -2.28. The van der Waals surface area contributed by atoms with Crippen LogP contribution in [0.15, 0.2) is 0 Å². The van der Waals surface area contributed by atoms with Gasteiger partial charge in [0.15, 0.2) is 0 Å². The predicted molar refractivity (Wildman–Crippen MR) is 77.1 cm³/mol. The zero-order valence-corrected chi connectivity index (χ0v) is 13.4. The van der Waals surface area contributed by atoms with E-state index >= 15 is 0 Å². The molecule has 7 heteroatoms. The molecule has 3 amide bonds. The minimum Gasteiger partial charge on any atom is -0.347 e. The molecule has 0 spiro atoms. The molecule has 0 unspecified atom stereocenters. The van der Waals surface area contributed by atoms with Crippen molar-refractivity contribution in [2.75, 3.05) is 34.7 Å². The van der Waals surface area contributed by atoms with E-state index < -0.39 is 11.6 Å². The Morgan fingerprint density at radius 2 is 1.55 bits per heavy atom. The quantitative estimate of drug-likeness (QED) is 0.659. The predicted octanol–water partition coefficient (Wildman–Crippen LogP) is -0.964. The topological polar surface area (TPSA) is 81.8 Å². The molecule has 0 saturated heterocycles. The first kappa shape index (κ1) is 18.4. The van der Waals surface area contributed by atoms with Gasteiger partial charge < -0.3 is 15.1 Å². The van der Waals surface area contributed by atoms with Crippen molar-refractivity contribution in [3.63, 3.8) is 0 Å². The van der Waals surface area contributed by atoms with Crippen LogP contribution in [0, 0.1) is 0 Å². The molecule has 0 aromatic rings. The van der Waals surface area contributed by atoms with Gasteiger partial charge in [-0.05, 0) is 20.8 Å². The van der Waals surface area contributed by atoms with Gasteiger partial charge in [0.25, 0.3) is 0 Å². The smallest absolute Gasteiger partial charge is 0.244 e. The second-order valence-electron chi connectivity index (χ2n) is 5.70. The third kappa shape index (κ3) is 5.56. The van der Waals surface area contributed by atoms with Gasteiger partial charge in [-0.2, -0.15) is 0 Å². The number of carbonyl (C=O) groups is 3. The maximum absolute atomic E-state index is 11.9. The molecule has 0 aliphatic rings. The van der Waals surface area contributed by atoms with E-state index in [9.17, 15) is 14.4 Å². The summed E-state index contributed by atoms with van der Waals surface area (Å²) in [7, 11) is 6.57. The molecule has 7 nitrogen and oxygen atoms in total. The monoisotopic (exact) mass is 286 g/mol. The van der Waals surface area contributed by atoms with Crippen LogP contribution in [0.1, 0.15) is 20.8 Å². The summed E-state index contributed by atoms with van der Waals surface area (Å²) in [5.41, 5.74) is -0.838. The first-order chi connectivity index (χ1) is 8.99. The largest absolute Gasteiger partial charge is 0.347 e. The van der Waals surface area contributed by atoms with E-state index in [1.54, 1.807) is 49.0 Å². The minimum absolute atomic E-state index is 0.0301. The Labute approximate surface area is 120 Å². The maximum atomic E-state index is 11.9. The Morgan fingerprint density at radius 3 is 1.95 bits per heavy atom. The highest BCUT2D eigenvalue weighted by molar-refractivity contribution is 5.89. The first-order valence-electron chi connectivity index (χ1n) is 6.46. The molecule has 0 aromatic carbocycles. The van der Waals surface area contributed by atoms with Crippen LogP contribution in [-0.4, -0.2) is 73.8 Å². The van der Waals surface area contributed by atoms with Crippen molar-refractivity contribution in [3.05, 3.63) is 0 Å². The van der Waals surface area contributed by atoms with Crippen LogP contribution >= 0.6 is 0 Å². The summed E-state index contributed by atoms with van der Waals surface area (Å²) < 4.78 is 0. The molecule has 2 N–H and O–H groups in total. The van der Waals surface area contributed by atoms with E-state index in [-0.39, 0.29) is 24.3 Å². The van der Waals surface area contributed by atoms with Gasteiger partial charge in [-0.3, -0.25) is 19.7 Å². The highest BCUT2D eigenvalue weighted by Crippen LogP contribution is 2.04. The molecule has 1 atom stereocenters. The lowest BCUT2D eigenvalue weighted by Crippen LogP contribution is -2.55. The van der Waals surface area contributed by atoms with Gasteiger partial charge in [0, 0.05) is 28.2 Å². The second kappa shape index (κ2) is 7.23. The van der Waals surface area contributed by atoms with Crippen molar-refractivity contribution >= 4 is 17.7 Å². The van der Waals surface area contributed by atoms with Gasteiger partial charge in [0.05, 0.1) is 12.1 Å². The van der Waals surface area contributed by atoms with Gasteiger partial charge in [-0.25, -0.2) is 0 Å². The maximum Gasteiger partial charge on any atom is 0.244 e. The average Bonchev–Trinajstić information content (AvgIpc) is 2.34. The van der Waals surface area contributed by atoms with E-state index in [1.807, 2.05) is 0 Å². The molecule has 0 aliphatic carbocycles.